The summed E-state index contributed by atoms with van der Waals surface area (Å²) in [6.45, 7) is 7.25. The van der Waals surface area contributed by atoms with Gasteiger partial charge in [0.15, 0.2) is 0 Å². The lowest BCUT2D eigenvalue weighted by molar-refractivity contribution is 0.0269. The maximum atomic E-state index is 12.0. The average molecular weight is 362 g/mol. The second-order valence-corrected chi connectivity index (χ2v) is 7.93. The Morgan fingerprint density at radius 1 is 1.23 bits per heavy atom. The van der Waals surface area contributed by atoms with Crippen LogP contribution in [0.2, 0.25) is 0 Å². The smallest absolute Gasteiger partial charge is 0.410 e. The van der Waals surface area contributed by atoms with E-state index in [0.717, 1.165) is 23.1 Å². The molecule has 116 valence electrons. The predicted molar refractivity (Wildman–Crippen MR) is 89.3 cm³/mol. The summed E-state index contributed by atoms with van der Waals surface area (Å²) in [5.41, 5.74) is 0.613. The fraction of sp³-hybridized carbons (Fsp3) is 0.500. The van der Waals surface area contributed by atoms with E-state index in [1.165, 1.54) is 0 Å². The normalized spacial score (nSPS) is 26.0. The van der Waals surface area contributed by atoms with E-state index >= 15 is 0 Å². The van der Waals surface area contributed by atoms with Crippen LogP contribution in [0.1, 0.15) is 26.3 Å². The molecule has 1 aromatic rings. The second kappa shape index (κ2) is 5.62. The Bertz CT molecular complexity index is 624. The molecule has 1 aliphatic heterocycles. The molecule has 3 nitrogen and oxygen atoms in total. The molecular formula is C18H20BrNO2. The van der Waals surface area contributed by atoms with Crippen molar-refractivity contribution in [3.05, 3.63) is 34.3 Å². The van der Waals surface area contributed by atoms with E-state index < -0.39 is 5.60 Å². The van der Waals surface area contributed by atoms with E-state index in [4.69, 9.17) is 4.74 Å². The Kier molecular flexibility index (Phi) is 3.94. The van der Waals surface area contributed by atoms with Gasteiger partial charge in [-0.3, -0.25) is 0 Å². The van der Waals surface area contributed by atoms with Crippen LogP contribution >= 0.6 is 15.9 Å². The van der Waals surface area contributed by atoms with E-state index in [-0.39, 0.29) is 6.09 Å². The highest BCUT2D eigenvalue weighted by molar-refractivity contribution is 9.10. The number of likely N-dealkylation sites (tertiary alicyclic amines) is 1. The van der Waals surface area contributed by atoms with Gasteiger partial charge >= 0.3 is 6.09 Å². The standard InChI is InChI=1S/C18H20BrNO2/c1-18(2,3)22-17(21)20-10-15-14(16(15)11-20)9-6-12-4-7-13(19)8-5-12/h4-5,7-8,14-16H,10-11H2,1-3H3. The van der Waals surface area contributed by atoms with Crippen molar-refractivity contribution in [3.8, 4) is 11.8 Å². The molecule has 4 heteroatoms. The molecule has 0 bridgehead atoms. The van der Waals surface area contributed by atoms with Crippen LogP contribution in [0.4, 0.5) is 4.79 Å². The summed E-state index contributed by atoms with van der Waals surface area (Å²) in [6, 6.07) is 8.04. The van der Waals surface area contributed by atoms with Crippen LogP contribution in [0.5, 0.6) is 0 Å². The molecule has 1 aliphatic carbocycles. The Labute approximate surface area is 140 Å². The highest BCUT2D eigenvalue weighted by Gasteiger charge is 2.56. The molecular weight excluding hydrogens is 342 g/mol. The van der Waals surface area contributed by atoms with Gasteiger partial charge in [0, 0.05) is 29.0 Å². The summed E-state index contributed by atoms with van der Waals surface area (Å²) >= 11 is 3.42. The Morgan fingerprint density at radius 2 is 1.82 bits per heavy atom. The van der Waals surface area contributed by atoms with Crippen molar-refractivity contribution in [2.45, 2.75) is 26.4 Å². The van der Waals surface area contributed by atoms with Gasteiger partial charge in [0.25, 0.3) is 0 Å². The molecule has 2 unspecified atom stereocenters. The van der Waals surface area contributed by atoms with E-state index in [9.17, 15) is 4.79 Å². The van der Waals surface area contributed by atoms with Crippen LogP contribution in [0.25, 0.3) is 0 Å². The monoisotopic (exact) mass is 361 g/mol. The summed E-state index contributed by atoms with van der Waals surface area (Å²) in [6.07, 6.45) is -0.195. The number of ether oxygens (including phenoxy) is 1. The Hall–Kier alpha value is -1.47. The summed E-state index contributed by atoms with van der Waals surface area (Å²) in [7, 11) is 0. The Balaban J connectivity index is 1.53. The van der Waals surface area contributed by atoms with Gasteiger partial charge in [-0.1, -0.05) is 27.8 Å². The predicted octanol–water partition coefficient (Wildman–Crippen LogP) is 3.91. The Morgan fingerprint density at radius 3 is 2.36 bits per heavy atom. The number of hydrogen-bond donors (Lipinski definition) is 0. The second-order valence-electron chi connectivity index (χ2n) is 7.02. The first kappa shape index (κ1) is 15.4. The van der Waals surface area contributed by atoms with Crippen LogP contribution in [0.15, 0.2) is 28.7 Å². The first-order valence-electron chi connectivity index (χ1n) is 7.58. The van der Waals surface area contributed by atoms with Crippen molar-refractivity contribution in [2.75, 3.05) is 13.1 Å². The molecule has 1 saturated heterocycles. The number of halogens is 1. The minimum Gasteiger partial charge on any atom is -0.444 e. The molecule has 3 rings (SSSR count). The summed E-state index contributed by atoms with van der Waals surface area (Å²) in [5, 5.41) is 0. The lowest BCUT2D eigenvalue weighted by Crippen LogP contribution is -2.37. The van der Waals surface area contributed by atoms with E-state index in [0.29, 0.717) is 17.8 Å². The van der Waals surface area contributed by atoms with Gasteiger partial charge in [0.2, 0.25) is 0 Å². The lowest BCUT2D eigenvalue weighted by Gasteiger charge is -2.25. The maximum absolute atomic E-state index is 12.0. The minimum atomic E-state index is -0.426. The fourth-order valence-electron chi connectivity index (χ4n) is 2.92. The van der Waals surface area contributed by atoms with Gasteiger partial charge in [-0.05, 0) is 56.9 Å². The number of hydrogen-bond acceptors (Lipinski definition) is 2. The largest absolute Gasteiger partial charge is 0.444 e. The van der Waals surface area contributed by atoms with E-state index in [2.05, 4.69) is 27.8 Å². The first-order valence-corrected chi connectivity index (χ1v) is 8.38. The molecule has 2 fully saturated rings. The molecule has 2 aliphatic rings. The number of piperidine rings is 1. The first-order chi connectivity index (χ1) is 10.3. The van der Waals surface area contributed by atoms with Crippen molar-refractivity contribution >= 4 is 22.0 Å². The highest BCUT2D eigenvalue weighted by atomic mass is 79.9. The summed E-state index contributed by atoms with van der Waals surface area (Å²) in [5.74, 6) is 8.08. The van der Waals surface area contributed by atoms with Gasteiger partial charge in [0.05, 0.1) is 0 Å². The number of carbonyl (C=O) groups is 1. The zero-order chi connectivity index (χ0) is 15.9. The maximum Gasteiger partial charge on any atom is 0.410 e. The molecule has 0 N–H and O–H groups in total. The van der Waals surface area contributed by atoms with Crippen LogP contribution in [0.3, 0.4) is 0 Å². The lowest BCUT2D eigenvalue weighted by atomic mass is 10.2. The molecule has 1 saturated carbocycles. The fourth-order valence-corrected chi connectivity index (χ4v) is 3.18. The molecule has 22 heavy (non-hydrogen) atoms. The number of carbonyl (C=O) groups excluding carboxylic acids is 1. The SMILES string of the molecule is CC(C)(C)OC(=O)N1CC2C(C#Cc3ccc(Br)cc3)C2C1. The molecule has 0 spiro atoms. The van der Waals surface area contributed by atoms with Crippen LogP contribution in [-0.4, -0.2) is 29.7 Å². The summed E-state index contributed by atoms with van der Waals surface area (Å²) in [4.78, 5) is 13.8. The third-order valence-corrected chi connectivity index (χ3v) is 4.60. The van der Waals surface area contributed by atoms with Crippen molar-refractivity contribution in [1.29, 1.82) is 0 Å². The third-order valence-electron chi connectivity index (χ3n) is 4.07. The number of nitrogens with zero attached hydrogens (tertiary/aromatic N) is 1. The van der Waals surface area contributed by atoms with Gasteiger partial charge in [-0.15, -0.1) is 0 Å². The summed E-state index contributed by atoms with van der Waals surface area (Å²) < 4.78 is 6.48. The molecule has 0 aromatic heterocycles. The molecule has 1 amide bonds. The van der Waals surface area contributed by atoms with Gasteiger partial charge in [-0.2, -0.15) is 0 Å². The number of fused-ring (bicyclic) bond motifs is 1. The highest BCUT2D eigenvalue weighted by Crippen LogP contribution is 2.51. The average Bonchev–Trinajstić information content (AvgIpc) is 2.88. The zero-order valence-electron chi connectivity index (χ0n) is 13.1. The van der Waals surface area contributed by atoms with Crippen LogP contribution in [0, 0.1) is 29.6 Å². The third kappa shape index (κ3) is 3.47. The molecule has 0 radical (unpaired) electrons. The number of rotatable bonds is 0. The molecule has 2 atom stereocenters. The minimum absolute atomic E-state index is 0.195. The van der Waals surface area contributed by atoms with Crippen LogP contribution in [-0.2, 0) is 4.74 Å². The van der Waals surface area contributed by atoms with Crippen molar-refractivity contribution < 1.29 is 9.53 Å². The van der Waals surface area contributed by atoms with E-state index in [1.807, 2.05) is 49.9 Å². The number of benzene rings is 1. The van der Waals surface area contributed by atoms with Gasteiger partial charge in [0.1, 0.15) is 5.60 Å². The molecule has 1 heterocycles. The van der Waals surface area contributed by atoms with Crippen molar-refractivity contribution in [3.63, 3.8) is 0 Å². The zero-order valence-corrected chi connectivity index (χ0v) is 14.7. The van der Waals surface area contributed by atoms with Crippen molar-refractivity contribution in [1.82, 2.24) is 4.90 Å². The van der Waals surface area contributed by atoms with Gasteiger partial charge in [-0.25, -0.2) is 4.79 Å². The quantitative estimate of drug-likeness (QED) is 0.655. The van der Waals surface area contributed by atoms with Crippen molar-refractivity contribution in [2.24, 2.45) is 17.8 Å². The number of amides is 1. The van der Waals surface area contributed by atoms with Crippen LogP contribution < -0.4 is 0 Å². The van der Waals surface area contributed by atoms with E-state index in [1.54, 1.807) is 0 Å². The topological polar surface area (TPSA) is 29.5 Å². The molecule has 1 aromatic carbocycles. The van der Waals surface area contributed by atoms with Gasteiger partial charge < -0.3 is 9.64 Å².